The molecule has 0 saturated heterocycles. The van der Waals surface area contributed by atoms with Crippen molar-refractivity contribution in [2.24, 2.45) is 0 Å². The molecule has 2 N–H and O–H groups in total. The lowest BCUT2D eigenvalue weighted by Crippen LogP contribution is -2.43. The molecule has 1 saturated carbocycles. The molecule has 0 heterocycles. The zero-order valence-corrected chi connectivity index (χ0v) is 13.9. The van der Waals surface area contributed by atoms with Gasteiger partial charge in [0.15, 0.2) is 0 Å². The SMILES string of the molecule is CSC1CCCCC1NS(=O)(=O)c1ccc(CCO)cc1. The topological polar surface area (TPSA) is 66.4 Å². The summed E-state index contributed by atoms with van der Waals surface area (Å²) >= 11 is 1.74. The van der Waals surface area contributed by atoms with E-state index in [2.05, 4.69) is 4.72 Å². The average Bonchev–Trinajstić information content (AvgIpc) is 2.48. The fourth-order valence-corrected chi connectivity index (χ4v) is 5.08. The summed E-state index contributed by atoms with van der Waals surface area (Å²) in [5.74, 6) is 0. The number of thioether (sulfide) groups is 1. The zero-order chi connectivity index (χ0) is 15.3. The van der Waals surface area contributed by atoms with Gasteiger partial charge in [-0.3, -0.25) is 0 Å². The second kappa shape index (κ2) is 7.63. The van der Waals surface area contributed by atoms with Gasteiger partial charge in [-0.2, -0.15) is 11.8 Å². The number of benzene rings is 1. The minimum Gasteiger partial charge on any atom is -0.396 e. The van der Waals surface area contributed by atoms with E-state index in [0.717, 1.165) is 24.8 Å². The Balaban J connectivity index is 2.10. The second-order valence-corrected chi connectivity index (χ2v) is 8.19. The van der Waals surface area contributed by atoms with Gasteiger partial charge in [-0.15, -0.1) is 0 Å². The lowest BCUT2D eigenvalue weighted by molar-refractivity contribution is 0.299. The van der Waals surface area contributed by atoms with Crippen molar-refractivity contribution < 1.29 is 13.5 Å². The predicted octanol–water partition coefficient (Wildman–Crippen LogP) is 2.17. The fraction of sp³-hybridized carbons (Fsp3) is 0.600. The molecule has 0 spiro atoms. The molecule has 2 unspecified atom stereocenters. The van der Waals surface area contributed by atoms with E-state index < -0.39 is 10.0 Å². The molecule has 6 heteroatoms. The summed E-state index contributed by atoms with van der Waals surface area (Å²) in [5, 5.41) is 9.25. The fourth-order valence-electron chi connectivity index (χ4n) is 2.75. The van der Waals surface area contributed by atoms with Gasteiger partial charge >= 0.3 is 0 Å². The summed E-state index contributed by atoms with van der Waals surface area (Å²) in [5.41, 5.74) is 0.941. The van der Waals surface area contributed by atoms with Crippen LogP contribution in [0.15, 0.2) is 29.2 Å². The summed E-state index contributed by atoms with van der Waals surface area (Å²) < 4.78 is 27.8. The summed E-state index contributed by atoms with van der Waals surface area (Å²) in [6.45, 7) is 0.0713. The summed E-state index contributed by atoms with van der Waals surface area (Å²) in [6.07, 6.45) is 6.84. The van der Waals surface area contributed by atoms with Crippen LogP contribution in [0.4, 0.5) is 0 Å². The first-order valence-electron chi connectivity index (χ1n) is 7.32. The molecule has 2 rings (SSSR count). The number of sulfonamides is 1. The van der Waals surface area contributed by atoms with Crippen molar-refractivity contribution in [3.05, 3.63) is 29.8 Å². The van der Waals surface area contributed by atoms with E-state index in [0.29, 0.717) is 16.6 Å². The highest BCUT2D eigenvalue weighted by atomic mass is 32.2. The van der Waals surface area contributed by atoms with Crippen molar-refractivity contribution in [2.45, 2.75) is 48.3 Å². The van der Waals surface area contributed by atoms with Crippen LogP contribution in [0.25, 0.3) is 0 Å². The van der Waals surface area contributed by atoms with Crippen LogP contribution in [0.5, 0.6) is 0 Å². The molecule has 1 aliphatic rings. The van der Waals surface area contributed by atoms with E-state index in [1.54, 1.807) is 36.0 Å². The van der Waals surface area contributed by atoms with Gasteiger partial charge < -0.3 is 5.11 Å². The highest BCUT2D eigenvalue weighted by Crippen LogP contribution is 2.28. The molecule has 21 heavy (non-hydrogen) atoms. The molecule has 1 aliphatic carbocycles. The van der Waals surface area contributed by atoms with Crippen molar-refractivity contribution in [3.8, 4) is 0 Å². The lowest BCUT2D eigenvalue weighted by atomic mass is 9.96. The third-order valence-corrected chi connectivity index (χ3v) is 6.62. The molecular formula is C15H23NO3S2. The van der Waals surface area contributed by atoms with Crippen LogP contribution >= 0.6 is 11.8 Å². The number of nitrogens with one attached hydrogen (secondary N) is 1. The Morgan fingerprint density at radius 2 is 1.90 bits per heavy atom. The minimum atomic E-state index is -3.46. The van der Waals surface area contributed by atoms with Crippen LogP contribution in [-0.2, 0) is 16.4 Å². The standard InChI is InChI=1S/C15H23NO3S2/c1-20-15-5-3-2-4-14(15)16-21(18,19)13-8-6-12(7-9-13)10-11-17/h6-9,14-17H,2-5,10-11H2,1H3. The molecular weight excluding hydrogens is 306 g/mol. The van der Waals surface area contributed by atoms with Crippen LogP contribution < -0.4 is 4.72 Å². The first-order valence-corrected chi connectivity index (χ1v) is 10.1. The Labute approximate surface area is 131 Å². The first kappa shape index (κ1) is 16.8. The Hall–Kier alpha value is -0.560. The van der Waals surface area contributed by atoms with E-state index in [4.69, 9.17) is 5.11 Å². The molecule has 1 aromatic carbocycles. The van der Waals surface area contributed by atoms with Gasteiger partial charge in [0.1, 0.15) is 0 Å². The molecule has 0 radical (unpaired) electrons. The van der Waals surface area contributed by atoms with Crippen LogP contribution in [0.1, 0.15) is 31.2 Å². The van der Waals surface area contributed by atoms with Gasteiger partial charge in [-0.05, 0) is 43.2 Å². The third kappa shape index (κ3) is 4.45. The number of hydrogen-bond acceptors (Lipinski definition) is 4. The Bertz CT molecular complexity index is 543. The van der Waals surface area contributed by atoms with Gasteiger partial charge in [0.2, 0.25) is 10.0 Å². The molecule has 118 valence electrons. The van der Waals surface area contributed by atoms with Gasteiger partial charge in [0, 0.05) is 17.9 Å². The molecule has 0 aromatic heterocycles. The number of hydrogen-bond donors (Lipinski definition) is 2. The molecule has 2 atom stereocenters. The van der Waals surface area contributed by atoms with Crippen LogP contribution in [0, 0.1) is 0 Å². The monoisotopic (exact) mass is 329 g/mol. The maximum atomic E-state index is 12.5. The lowest BCUT2D eigenvalue weighted by Gasteiger charge is -2.30. The van der Waals surface area contributed by atoms with Crippen molar-refractivity contribution in [3.63, 3.8) is 0 Å². The molecule has 4 nitrogen and oxygen atoms in total. The van der Waals surface area contributed by atoms with Crippen molar-refractivity contribution in [1.29, 1.82) is 0 Å². The summed E-state index contributed by atoms with van der Waals surface area (Å²) in [6, 6.07) is 6.78. The van der Waals surface area contributed by atoms with Crippen LogP contribution in [-0.4, -0.2) is 37.7 Å². The van der Waals surface area contributed by atoms with Crippen LogP contribution in [0.2, 0.25) is 0 Å². The van der Waals surface area contributed by atoms with E-state index in [9.17, 15) is 8.42 Å². The maximum absolute atomic E-state index is 12.5. The molecule has 1 fully saturated rings. The molecule has 0 bridgehead atoms. The summed E-state index contributed by atoms with van der Waals surface area (Å²) in [7, 11) is -3.46. The number of aliphatic hydroxyl groups is 1. The van der Waals surface area contributed by atoms with Gasteiger partial charge in [0.05, 0.1) is 4.90 Å². The Kier molecular flexibility index (Phi) is 6.10. The smallest absolute Gasteiger partial charge is 0.240 e. The highest BCUT2D eigenvalue weighted by molar-refractivity contribution is 7.99. The van der Waals surface area contributed by atoms with Crippen LogP contribution in [0.3, 0.4) is 0 Å². The van der Waals surface area contributed by atoms with E-state index in [-0.39, 0.29) is 12.6 Å². The van der Waals surface area contributed by atoms with E-state index >= 15 is 0 Å². The van der Waals surface area contributed by atoms with Crippen molar-refractivity contribution >= 4 is 21.8 Å². The van der Waals surface area contributed by atoms with Gasteiger partial charge in [-0.1, -0.05) is 25.0 Å². The number of rotatable bonds is 6. The molecule has 0 amide bonds. The Morgan fingerprint density at radius 3 is 2.52 bits per heavy atom. The normalized spacial score (nSPS) is 23.1. The Morgan fingerprint density at radius 1 is 1.24 bits per heavy atom. The maximum Gasteiger partial charge on any atom is 0.240 e. The third-order valence-electron chi connectivity index (χ3n) is 3.95. The van der Waals surface area contributed by atoms with Gasteiger partial charge in [-0.25, -0.2) is 13.1 Å². The highest BCUT2D eigenvalue weighted by Gasteiger charge is 2.28. The minimum absolute atomic E-state index is 0.0240. The van der Waals surface area contributed by atoms with Gasteiger partial charge in [0.25, 0.3) is 0 Å². The average molecular weight is 329 g/mol. The van der Waals surface area contributed by atoms with Crippen molar-refractivity contribution in [1.82, 2.24) is 4.72 Å². The van der Waals surface area contributed by atoms with E-state index in [1.165, 1.54) is 6.42 Å². The largest absolute Gasteiger partial charge is 0.396 e. The zero-order valence-electron chi connectivity index (χ0n) is 12.3. The second-order valence-electron chi connectivity index (χ2n) is 5.40. The van der Waals surface area contributed by atoms with Crippen molar-refractivity contribution in [2.75, 3.05) is 12.9 Å². The molecule has 0 aliphatic heterocycles. The number of aliphatic hydroxyl groups excluding tert-OH is 1. The predicted molar refractivity (Wildman–Crippen MR) is 87.1 cm³/mol. The quantitative estimate of drug-likeness (QED) is 0.839. The first-order chi connectivity index (χ1) is 10.1. The van der Waals surface area contributed by atoms with E-state index in [1.807, 2.05) is 6.26 Å². The summed E-state index contributed by atoms with van der Waals surface area (Å²) in [4.78, 5) is 0.301. The molecule has 1 aromatic rings.